The van der Waals surface area contributed by atoms with E-state index in [1.54, 1.807) is 18.4 Å². The molecule has 20 heavy (non-hydrogen) atoms. The number of nitrogen functional groups attached to an aromatic ring is 1. The Morgan fingerprint density at radius 2 is 2.35 bits per heavy atom. The van der Waals surface area contributed by atoms with Gasteiger partial charge in [0.15, 0.2) is 0 Å². The average molecular weight is 291 g/mol. The SMILES string of the molecule is CNC(=O)C1CCCN1c1nc(N)nc2sc(C)cc12. The number of fused-ring (bicyclic) bond motifs is 1. The van der Waals surface area contributed by atoms with Crippen LogP contribution >= 0.6 is 11.3 Å². The molecule has 106 valence electrons. The van der Waals surface area contributed by atoms with Crippen molar-refractivity contribution < 1.29 is 4.79 Å². The molecule has 1 aliphatic rings. The lowest BCUT2D eigenvalue weighted by molar-refractivity contribution is -0.121. The standard InChI is InChI=1S/C13H17N5OS/c1-7-6-8-10(16-13(14)17-12(8)20-7)18-5-3-4-9(18)11(19)15-2/h6,9H,3-5H2,1-2H3,(H,15,19)(H2,14,16,17). The summed E-state index contributed by atoms with van der Waals surface area (Å²) in [6, 6.07) is 1.89. The molecule has 1 aliphatic heterocycles. The summed E-state index contributed by atoms with van der Waals surface area (Å²) in [6.45, 7) is 2.85. The van der Waals surface area contributed by atoms with Crippen molar-refractivity contribution in [3.05, 3.63) is 10.9 Å². The van der Waals surface area contributed by atoms with E-state index in [1.165, 1.54) is 0 Å². The average Bonchev–Trinajstić information content (AvgIpc) is 3.02. The van der Waals surface area contributed by atoms with Crippen molar-refractivity contribution in [2.75, 3.05) is 24.2 Å². The molecule has 1 saturated heterocycles. The predicted molar refractivity (Wildman–Crippen MR) is 81.0 cm³/mol. The van der Waals surface area contributed by atoms with E-state index in [-0.39, 0.29) is 17.9 Å². The molecule has 1 amide bonds. The summed E-state index contributed by atoms with van der Waals surface area (Å²) in [5, 5.41) is 3.71. The molecule has 0 bridgehead atoms. The number of amides is 1. The minimum Gasteiger partial charge on any atom is -0.368 e. The summed E-state index contributed by atoms with van der Waals surface area (Å²) in [6.07, 6.45) is 1.82. The molecule has 0 aromatic carbocycles. The molecular weight excluding hydrogens is 274 g/mol. The fourth-order valence-electron chi connectivity index (χ4n) is 2.72. The summed E-state index contributed by atoms with van der Waals surface area (Å²) in [5.41, 5.74) is 5.81. The number of aromatic nitrogens is 2. The van der Waals surface area contributed by atoms with Crippen LogP contribution < -0.4 is 16.0 Å². The highest BCUT2D eigenvalue weighted by molar-refractivity contribution is 7.18. The van der Waals surface area contributed by atoms with Crippen LogP contribution in [0.5, 0.6) is 0 Å². The summed E-state index contributed by atoms with van der Waals surface area (Å²) in [4.78, 5) is 24.8. The fraction of sp³-hybridized carbons (Fsp3) is 0.462. The van der Waals surface area contributed by atoms with E-state index in [9.17, 15) is 4.79 Å². The van der Waals surface area contributed by atoms with E-state index < -0.39 is 0 Å². The van der Waals surface area contributed by atoms with Crippen molar-refractivity contribution in [2.24, 2.45) is 0 Å². The summed E-state index contributed by atoms with van der Waals surface area (Å²) < 4.78 is 0. The Balaban J connectivity index is 2.11. The minimum atomic E-state index is -0.169. The molecule has 3 rings (SSSR count). The maximum atomic E-state index is 12.0. The number of hydrogen-bond donors (Lipinski definition) is 2. The predicted octanol–water partition coefficient (Wildman–Crippen LogP) is 1.30. The molecular formula is C13H17N5OS. The number of hydrogen-bond acceptors (Lipinski definition) is 6. The first kappa shape index (κ1) is 13.1. The third kappa shape index (κ3) is 2.07. The topological polar surface area (TPSA) is 84.1 Å². The number of likely N-dealkylation sites (N-methyl/N-ethyl adjacent to an activating group) is 1. The second-order valence-corrected chi connectivity index (χ2v) is 6.18. The molecule has 1 unspecified atom stereocenters. The van der Waals surface area contributed by atoms with E-state index in [0.717, 1.165) is 40.3 Å². The molecule has 1 atom stereocenters. The van der Waals surface area contributed by atoms with Gasteiger partial charge in [-0.1, -0.05) is 0 Å². The van der Waals surface area contributed by atoms with E-state index in [1.807, 2.05) is 11.8 Å². The number of aryl methyl sites for hydroxylation is 1. The zero-order chi connectivity index (χ0) is 14.3. The van der Waals surface area contributed by atoms with Crippen LogP contribution in [0.1, 0.15) is 17.7 Å². The Bertz CT molecular complexity index is 668. The quantitative estimate of drug-likeness (QED) is 0.871. The Morgan fingerprint density at radius 3 is 3.10 bits per heavy atom. The van der Waals surface area contributed by atoms with Gasteiger partial charge in [0.05, 0.1) is 5.39 Å². The molecule has 0 radical (unpaired) electrons. The van der Waals surface area contributed by atoms with E-state index in [0.29, 0.717) is 0 Å². The molecule has 0 spiro atoms. The summed E-state index contributed by atoms with van der Waals surface area (Å²) in [5.74, 6) is 1.07. The van der Waals surface area contributed by atoms with Gasteiger partial charge in [0, 0.05) is 18.5 Å². The Morgan fingerprint density at radius 1 is 1.55 bits per heavy atom. The van der Waals surface area contributed by atoms with Crippen LogP contribution in [0.2, 0.25) is 0 Å². The van der Waals surface area contributed by atoms with Gasteiger partial charge in [-0.25, -0.2) is 4.98 Å². The van der Waals surface area contributed by atoms with E-state index >= 15 is 0 Å². The third-order valence-corrected chi connectivity index (χ3v) is 4.53. The number of carbonyl (C=O) groups is 1. The largest absolute Gasteiger partial charge is 0.368 e. The van der Waals surface area contributed by atoms with Gasteiger partial charge in [-0.05, 0) is 25.8 Å². The smallest absolute Gasteiger partial charge is 0.242 e. The van der Waals surface area contributed by atoms with Gasteiger partial charge in [-0.3, -0.25) is 4.79 Å². The second-order valence-electron chi connectivity index (χ2n) is 4.95. The van der Waals surface area contributed by atoms with Gasteiger partial charge in [0.25, 0.3) is 0 Å². The normalized spacial score (nSPS) is 18.7. The highest BCUT2D eigenvalue weighted by atomic mass is 32.1. The van der Waals surface area contributed by atoms with Crippen molar-refractivity contribution in [3.63, 3.8) is 0 Å². The minimum absolute atomic E-state index is 0.0276. The van der Waals surface area contributed by atoms with Gasteiger partial charge < -0.3 is 16.0 Å². The first-order valence-electron chi connectivity index (χ1n) is 6.62. The maximum Gasteiger partial charge on any atom is 0.242 e. The summed E-state index contributed by atoms with van der Waals surface area (Å²) >= 11 is 1.60. The first-order chi connectivity index (χ1) is 9.60. The van der Waals surface area contributed by atoms with E-state index in [4.69, 9.17) is 5.73 Å². The van der Waals surface area contributed by atoms with Gasteiger partial charge in [0.1, 0.15) is 16.7 Å². The molecule has 3 N–H and O–H groups in total. The van der Waals surface area contributed by atoms with Crippen LogP contribution in [0.25, 0.3) is 10.2 Å². The maximum absolute atomic E-state index is 12.0. The number of nitrogens with two attached hydrogens (primary N) is 1. The van der Waals surface area contributed by atoms with Crippen LogP contribution in [-0.2, 0) is 4.79 Å². The van der Waals surface area contributed by atoms with Crippen LogP contribution in [-0.4, -0.2) is 35.5 Å². The Labute approximate surface area is 121 Å². The highest BCUT2D eigenvalue weighted by Gasteiger charge is 2.32. The molecule has 7 heteroatoms. The van der Waals surface area contributed by atoms with Crippen molar-refractivity contribution >= 4 is 39.2 Å². The summed E-state index contributed by atoms with van der Waals surface area (Å²) in [7, 11) is 1.66. The number of nitrogens with one attached hydrogen (secondary N) is 1. The lowest BCUT2D eigenvalue weighted by atomic mass is 10.2. The Kier molecular flexibility index (Phi) is 3.21. The second kappa shape index (κ2) is 4.90. The van der Waals surface area contributed by atoms with Crippen molar-refractivity contribution in [2.45, 2.75) is 25.8 Å². The zero-order valence-corrected chi connectivity index (χ0v) is 12.3. The van der Waals surface area contributed by atoms with Gasteiger partial charge >= 0.3 is 0 Å². The van der Waals surface area contributed by atoms with Gasteiger partial charge in [-0.2, -0.15) is 4.98 Å². The molecule has 0 aliphatic carbocycles. The molecule has 2 aromatic heterocycles. The number of thiophene rings is 1. The van der Waals surface area contributed by atoms with Crippen molar-refractivity contribution in [3.8, 4) is 0 Å². The lowest BCUT2D eigenvalue weighted by Gasteiger charge is -2.25. The van der Waals surface area contributed by atoms with Crippen LogP contribution in [0.4, 0.5) is 11.8 Å². The van der Waals surface area contributed by atoms with Crippen molar-refractivity contribution in [1.82, 2.24) is 15.3 Å². The highest BCUT2D eigenvalue weighted by Crippen LogP contribution is 2.34. The first-order valence-corrected chi connectivity index (χ1v) is 7.43. The van der Waals surface area contributed by atoms with E-state index in [2.05, 4.69) is 21.4 Å². The monoisotopic (exact) mass is 291 g/mol. The van der Waals surface area contributed by atoms with Crippen LogP contribution in [0.3, 0.4) is 0 Å². The Hall–Kier alpha value is -1.89. The fourth-order valence-corrected chi connectivity index (χ4v) is 3.60. The van der Waals surface area contributed by atoms with Gasteiger partial charge in [0.2, 0.25) is 11.9 Å². The lowest BCUT2D eigenvalue weighted by Crippen LogP contribution is -2.42. The third-order valence-electron chi connectivity index (χ3n) is 3.59. The number of carbonyl (C=O) groups excluding carboxylic acids is 1. The van der Waals surface area contributed by atoms with Crippen LogP contribution in [0, 0.1) is 6.92 Å². The number of rotatable bonds is 2. The molecule has 6 nitrogen and oxygen atoms in total. The molecule has 3 heterocycles. The zero-order valence-electron chi connectivity index (χ0n) is 11.5. The van der Waals surface area contributed by atoms with Gasteiger partial charge in [-0.15, -0.1) is 11.3 Å². The number of anilines is 2. The molecule has 2 aromatic rings. The van der Waals surface area contributed by atoms with Crippen LogP contribution in [0.15, 0.2) is 6.07 Å². The number of nitrogens with zero attached hydrogens (tertiary/aromatic N) is 3. The molecule has 0 saturated carbocycles. The molecule has 1 fully saturated rings. The van der Waals surface area contributed by atoms with Crippen molar-refractivity contribution in [1.29, 1.82) is 0 Å².